The Hall–Kier alpha value is -1.20. The van der Waals surface area contributed by atoms with Crippen LogP contribution >= 0.6 is 0 Å². The average Bonchev–Trinajstić information content (AvgIpc) is 3.01. The van der Waals surface area contributed by atoms with Crippen LogP contribution in [-0.4, -0.2) is 55.1 Å². The van der Waals surface area contributed by atoms with E-state index in [0.717, 1.165) is 32.5 Å². The summed E-state index contributed by atoms with van der Waals surface area (Å²) in [5, 5.41) is 10.2. The van der Waals surface area contributed by atoms with Gasteiger partial charge in [-0.15, -0.1) is 6.58 Å². The summed E-state index contributed by atoms with van der Waals surface area (Å²) in [6.45, 7) is 7.54. The Balaban J connectivity index is 1.86. The van der Waals surface area contributed by atoms with Crippen LogP contribution in [-0.2, 0) is 16.0 Å². The number of hydrogen-bond donors (Lipinski definition) is 1. The van der Waals surface area contributed by atoms with Crippen molar-refractivity contribution < 1.29 is 14.6 Å². The van der Waals surface area contributed by atoms with Crippen LogP contribution in [0.25, 0.3) is 0 Å². The number of aliphatic hydroxyl groups excluding tert-OH is 1. The van der Waals surface area contributed by atoms with Crippen LogP contribution in [0.1, 0.15) is 18.4 Å². The summed E-state index contributed by atoms with van der Waals surface area (Å²) in [4.78, 5) is 2.26. The SMILES string of the molecule is C=CCOC[C@H](O)CN(Cc1ccccc1)C[C@@H]1CCCO1. The van der Waals surface area contributed by atoms with Crippen LogP contribution < -0.4 is 0 Å². The van der Waals surface area contributed by atoms with Gasteiger partial charge < -0.3 is 14.6 Å². The van der Waals surface area contributed by atoms with Gasteiger partial charge in [0.25, 0.3) is 0 Å². The van der Waals surface area contributed by atoms with Crippen molar-refractivity contribution in [2.75, 3.05) is 32.9 Å². The maximum Gasteiger partial charge on any atom is 0.0900 e. The molecule has 122 valence electrons. The molecule has 2 atom stereocenters. The molecule has 0 aromatic heterocycles. The van der Waals surface area contributed by atoms with Crippen molar-refractivity contribution in [1.29, 1.82) is 0 Å². The second kappa shape index (κ2) is 9.74. The van der Waals surface area contributed by atoms with E-state index in [1.807, 2.05) is 18.2 Å². The van der Waals surface area contributed by atoms with E-state index in [1.165, 1.54) is 5.56 Å². The van der Waals surface area contributed by atoms with E-state index in [4.69, 9.17) is 9.47 Å². The lowest BCUT2D eigenvalue weighted by atomic mass is 10.1. The number of benzene rings is 1. The molecule has 0 saturated carbocycles. The van der Waals surface area contributed by atoms with Crippen LogP contribution in [0, 0.1) is 0 Å². The predicted octanol–water partition coefficient (Wildman–Crippen LogP) is 2.23. The normalized spacial score (nSPS) is 19.5. The largest absolute Gasteiger partial charge is 0.389 e. The fourth-order valence-electron chi connectivity index (χ4n) is 2.76. The molecule has 0 bridgehead atoms. The summed E-state index contributed by atoms with van der Waals surface area (Å²) < 4.78 is 11.1. The number of nitrogens with zero attached hydrogens (tertiary/aromatic N) is 1. The fraction of sp³-hybridized carbons (Fsp3) is 0.556. The number of rotatable bonds is 10. The molecule has 1 aromatic rings. The van der Waals surface area contributed by atoms with E-state index in [-0.39, 0.29) is 6.10 Å². The molecule has 2 rings (SSSR count). The zero-order valence-electron chi connectivity index (χ0n) is 13.2. The van der Waals surface area contributed by atoms with Crippen molar-refractivity contribution in [3.05, 3.63) is 48.6 Å². The monoisotopic (exact) mass is 305 g/mol. The molecule has 0 amide bonds. The molecule has 1 fully saturated rings. The van der Waals surface area contributed by atoms with E-state index < -0.39 is 6.10 Å². The third-order valence-electron chi connectivity index (χ3n) is 3.75. The molecule has 1 aromatic carbocycles. The lowest BCUT2D eigenvalue weighted by molar-refractivity contribution is 0.00856. The molecule has 1 saturated heterocycles. The molecule has 1 aliphatic rings. The van der Waals surface area contributed by atoms with Gasteiger partial charge in [-0.05, 0) is 18.4 Å². The van der Waals surface area contributed by atoms with Gasteiger partial charge in [0.15, 0.2) is 0 Å². The van der Waals surface area contributed by atoms with Crippen molar-refractivity contribution in [2.24, 2.45) is 0 Å². The van der Waals surface area contributed by atoms with E-state index in [2.05, 4.69) is 23.6 Å². The molecule has 4 nitrogen and oxygen atoms in total. The van der Waals surface area contributed by atoms with Crippen LogP contribution in [0.15, 0.2) is 43.0 Å². The predicted molar refractivity (Wildman–Crippen MR) is 87.7 cm³/mol. The van der Waals surface area contributed by atoms with Gasteiger partial charge in [0.2, 0.25) is 0 Å². The minimum Gasteiger partial charge on any atom is -0.389 e. The summed E-state index contributed by atoms with van der Waals surface area (Å²) in [5.41, 5.74) is 1.25. The van der Waals surface area contributed by atoms with Gasteiger partial charge in [0, 0.05) is 26.2 Å². The quantitative estimate of drug-likeness (QED) is 0.532. The highest BCUT2D eigenvalue weighted by molar-refractivity contribution is 5.14. The van der Waals surface area contributed by atoms with Crippen LogP contribution in [0.4, 0.5) is 0 Å². The summed E-state index contributed by atoms with van der Waals surface area (Å²) in [5.74, 6) is 0. The second-order valence-corrected chi connectivity index (χ2v) is 5.79. The van der Waals surface area contributed by atoms with Gasteiger partial charge in [0.1, 0.15) is 0 Å². The molecule has 0 aliphatic carbocycles. The maximum atomic E-state index is 10.2. The molecule has 4 heteroatoms. The van der Waals surface area contributed by atoms with E-state index >= 15 is 0 Å². The minimum absolute atomic E-state index is 0.282. The van der Waals surface area contributed by atoms with Gasteiger partial charge in [-0.3, -0.25) is 4.90 Å². The standard InChI is InChI=1S/C18H27NO3/c1-2-10-21-15-17(20)13-19(14-18-9-6-11-22-18)12-16-7-4-3-5-8-16/h2-5,7-8,17-18,20H,1,6,9-15H2/t17-,18+/m1/s1. The van der Waals surface area contributed by atoms with Crippen molar-refractivity contribution in [3.63, 3.8) is 0 Å². The Morgan fingerprint density at radius 1 is 1.41 bits per heavy atom. The highest BCUT2D eigenvalue weighted by atomic mass is 16.5. The molecule has 1 aliphatic heterocycles. The topological polar surface area (TPSA) is 41.9 Å². The lowest BCUT2D eigenvalue weighted by Crippen LogP contribution is -2.39. The summed E-state index contributed by atoms with van der Waals surface area (Å²) >= 11 is 0. The van der Waals surface area contributed by atoms with Gasteiger partial charge in [0.05, 0.1) is 25.4 Å². The summed E-state index contributed by atoms with van der Waals surface area (Å²) in [7, 11) is 0. The molecule has 0 radical (unpaired) electrons. The average molecular weight is 305 g/mol. The first-order valence-corrected chi connectivity index (χ1v) is 8.02. The van der Waals surface area contributed by atoms with Crippen molar-refractivity contribution in [3.8, 4) is 0 Å². The highest BCUT2D eigenvalue weighted by Gasteiger charge is 2.21. The molecule has 0 spiro atoms. The summed E-state index contributed by atoms with van der Waals surface area (Å²) in [6, 6.07) is 10.3. The zero-order valence-corrected chi connectivity index (χ0v) is 13.2. The van der Waals surface area contributed by atoms with E-state index in [1.54, 1.807) is 6.08 Å². The third-order valence-corrected chi connectivity index (χ3v) is 3.75. The fourth-order valence-corrected chi connectivity index (χ4v) is 2.76. The van der Waals surface area contributed by atoms with Crippen LogP contribution in [0.2, 0.25) is 0 Å². The molecule has 1 N–H and O–H groups in total. The number of ether oxygens (including phenoxy) is 2. The second-order valence-electron chi connectivity index (χ2n) is 5.79. The maximum absolute atomic E-state index is 10.2. The first-order valence-electron chi connectivity index (χ1n) is 8.02. The number of aliphatic hydroxyl groups is 1. The van der Waals surface area contributed by atoms with Crippen LogP contribution in [0.3, 0.4) is 0 Å². The van der Waals surface area contributed by atoms with Crippen molar-refractivity contribution in [1.82, 2.24) is 4.90 Å². The van der Waals surface area contributed by atoms with Gasteiger partial charge in [-0.25, -0.2) is 0 Å². The Morgan fingerprint density at radius 3 is 2.91 bits per heavy atom. The van der Waals surface area contributed by atoms with Gasteiger partial charge in [-0.1, -0.05) is 36.4 Å². The summed E-state index contributed by atoms with van der Waals surface area (Å²) in [6.07, 6.45) is 3.72. The van der Waals surface area contributed by atoms with Crippen molar-refractivity contribution >= 4 is 0 Å². The van der Waals surface area contributed by atoms with Crippen LogP contribution in [0.5, 0.6) is 0 Å². The number of hydrogen-bond acceptors (Lipinski definition) is 4. The van der Waals surface area contributed by atoms with Gasteiger partial charge >= 0.3 is 0 Å². The smallest absolute Gasteiger partial charge is 0.0900 e. The van der Waals surface area contributed by atoms with Crippen molar-refractivity contribution in [2.45, 2.75) is 31.6 Å². The Labute approximate surface area is 133 Å². The molecule has 0 unspecified atom stereocenters. The molecular formula is C18H27NO3. The third kappa shape index (κ3) is 6.28. The molecule has 22 heavy (non-hydrogen) atoms. The Kier molecular flexibility index (Phi) is 7.60. The molecular weight excluding hydrogens is 278 g/mol. The van der Waals surface area contributed by atoms with Gasteiger partial charge in [-0.2, -0.15) is 0 Å². The Morgan fingerprint density at radius 2 is 2.23 bits per heavy atom. The molecule has 1 heterocycles. The Bertz CT molecular complexity index is 418. The zero-order chi connectivity index (χ0) is 15.6. The lowest BCUT2D eigenvalue weighted by Gasteiger charge is -2.27. The first kappa shape index (κ1) is 17.2. The van der Waals surface area contributed by atoms with E-state index in [9.17, 15) is 5.11 Å². The minimum atomic E-state index is -0.495. The van der Waals surface area contributed by atoms with E-state index in [0.29, 0.717) is 19.8 Å². The highest BCUT2D eigenvalue weighted by Crippen LogP contribution is 2.15. The first-order chi connectivity index (χ1) is 10.8.